The molecule has 2 nitrogen and oxygen atoms in total. The molecule has 2 N–H and O–H groups in total. The van der Waals surface area contributed by atoms with Crippen LogP contribution in [-0.2, 0) is 5.54 Å². The summed E-state index contributed by atoms with van der Waals surface area (Å²) in [6.45, 7) is 2.08. The first-order valence-corrected chi connectivity index (χ1v) is 10.5. The summed E-state index contributed by atoms with van der Waals surface area (Å²) in [5.41, 5.74) is 9.74. The Morgan fingerprint density at radius 1 is 1.00 bits per heavy atom. The van der Waals surface area contributed by atoms with E-state index in [2.05, 4.69) is 61.5 Å². The van der Waals surface area contributed by atoms with E-state index < -0.39 is 5.54 Å². The van der Waals surface area contributed by atoms with E-state index in [0.29, 0.717) is 0 Å². The minimum atomic E-state index is -0.689. The lowest BCUT2D eigenvalue weighted by Crippen LogP contribution is -2.39. The van der Waals surface area contributed by atoms with Crippen molar-refractivity contribution in [3.63, 3.8) is 0 Å². The third-order valence-electron chi connectivity index (χ3n) is 6.03. The molecular weight excluding hydrogens is 342 g/mol. The molecule has 1 fully saturated rings. The molecule has 0 saturated heterocycles. The zero-order valence-corrected chi connectivity index (χ0v) is 17.2. The van der Waals surface area contributed by atoms with Crippen LogP contribution in [0.1, 0.15) is 56.6 Å². The summed E-state index contributed by atoms with van der Waals surface area (Å²) < 4.78 is 5.34. The molecule has 148 valence electrons. The van der Waals surface area contributed by atoms with Crippen molar-refractivity contribution in [2.24, 2.45) is 11.7 Å². The smallest absolute Gasteiger partial charge is 0.118 e. The molecule has 1 saturated carbocycles. The monoisotopic (exact) mass is 375 g/mol. The highest BCUT2D eigenvalue weighted by Crippen LogP contribution is 2.36. The molecule has 1 unspecified atom stereocenters. The zero-order chi connectivity index (χ0) is 19.8. The van der Waals surface area contributed by atoms with Crippen molar-refractivity contribution in [2.45, 2.75) is 51.0 Å². The first-order chi connectivity index (χ1) is 13.7. The fraction of sp³-hybridized carbons (Fsp3) is 0.385. The first kappa shape index (κ1) is 20.4. The standard InChI is InChI=1S/C26H33NO/c1-3-22(16-10-13-21-11-6-4-7-12-21)26(27,23-14-8-5-9-15-23)24-17-19-25(28-2)20-18-24/h3,5,8-10,14-21H,4,6-7,11-13,27H2,1-2H3/b16-10-,22-3+. The molecule has 1 atom stereocenters. The van der Waals surface area contributed by atoms with Crippen molar-refractivity contribution in [1.29, 1.82) is 0 Å². The molecular formula is C26H33NO. The molecule has 0 amide bonds. The van der Waals surface area contributed by atoms with Crippen LogP contribution in [0.4, 0.5) is 0 Å². The Morgan fingerprint density at radius 2 is 1.64 bits per heavy atom. The number of ether oxygens (including phenoxy) is 1. The van der Waals surface area contributed by atoms with Gasteiger partial charge in [0.2, 0.25) is 0 Å². The van der Waals surface area contributed by atoms with Gasteiger partial charge in [-0.2, -0.15) is 0 Å². The lowest BCUT2D eigenvalue weighted by atomic mass is 9.77. The van der Waals surface area contributed by atoms with Gasteiger partial charge in [0.1, 0.15) is 5.75 Å². The first-order valence-electron chi connectivity index (χ1n) is 10.5. The van der Waals surface area contributed by atoms with E-state index in [0.717, 1.165) is 34.8 Å². The van der Waals surface area contributed by atoms with Crippen LogP contribution < -0.4 is 10.5 Å². The van der Waals surface area contributed by atoms with Crippen LogP contribution in [-0.4, -0.2) is 7.11 Å². The summed E-state index contributed by atoms with van der Waals surface area (Å²) in [5.74, 6) is 1.67. The SMILES string of the molecule is C/C=C(\C=C/CC1CCCCC1)C(N)(c1ccccc1)c1ccc(OC)cc1. The van der Waals surface area contributed by atoms with E-state index in [4.69, 9.17) is 10.5 Å². The third kappa shape index (κ3) is 4.56. The van der Waals surface area contributed by atoms with Gasteiger partial charge in [-0.3, -0.25) is 0 Å². The van der Waals surface area contributed by atoms with Crippen LogP contribution in [0.3, 0.4) is 0 Å². The quantitative estimate of drug-likeness (QED) is 0.571. The van der Waals surface area contributed by atoms with Crippen LogP contribution in [0, 0.1) is 5.92 Å². The van der Waals surface area contributed by atoms with Crippen LogP contribution in [0.15, 0.2) is 78.4 Å². The average Bonchev–Trinajstić information content (AvgIpc) is 2.77. The van der Waals surface area contributed by atoms with Gasteiger partial charge in [0.05, 0.1) is 12.6 Å². The maximum Gasteiger partial charge on any atom is 0.118 e. The fourth-order valence-electron chi connectivity index (χ4n) is 4.32. The van der Waals surface area contributed by atoms with Crippen LogP contribution in [0.25, 0.3) is 0 Å². The molecule has 0 spiro atoms. The van der Waals surface area contributed by atoms with E-state index in [1.165, 1.54) is 32.1 Å². The number of nitrogens with two attached hydrogens (primary N) is 1. The van der Waals surface area contributed by atoms with Crippen LogP contribution in [0.2, 0.25) is 0 Å². The van der Waals surface area contributed by atoms with E-state index in [9.17, 15) is 0 Å². The van der Waals surface area contributed by atoms with Crippen LogP contribution >= 0.6 is 0 Å². The number of methoxy groups -OCH3 is 1. The molecule has 2 heteroatoms. The van der Waals surface area contributed by atoms with Gasteiger partial charge in [0.15, 0.2) is 0 Å². The largest absolute Gasteiger partial charge is 0.497 e. The van der Waals surface area contributed by atoms with Crippen molar-refractivity contribution in [3.05, 3.63) is 89.5 Å². The Bertz CT molecular complexity index is 785. The number of hydrogen-bond donors (Lipinski definition) is 1. The van der Waals surface area contributed by atoms with Crippen LogP contribution in [0.5, 0.6) is 5.75 Å². The predicted octanol–water partition coefficient (Wildman–Crippen LogP) is 6.37. The number of allylic oxidation sites excluding steroid dienone is 2. The average molecular weight is 376 g/mol. The molecule has 0 aliphatic heterocycles. The molecule has 0 radical (unpaired) electrons. The number of hydrogen-bond acceptors (Lipinski definition) is 2. The number of rotatable bonds is 7. The summed E-state index contributed by atoms with van der Waals surface area (Å²) in [6, 6.07) is 18.5. The Morgan fingerprint density at radius 3 is 2.25 bits per heavy atom. The van der Waals surface area contributed by atoms with Crippen molar-refractivity contribution in [1.82, 2.24) is 0 Å². The highest BCUT2D eigenvalue weighted by atomic mass is 16.5. The molecule has 1 aliphatic carbocycles. The molecule has 3 rings (SSSR count). The van der Waals surface area contributed by atoms with Gasteiger partial charge in [0, 0.05) is 0 Å². The van der Waals surface area contributed by atoms with E-state index in [1.807, 2.05) is 18.2 Å². The van der Waals surface area contributed by atoms with E-state index in [1.54, 1.807) is 7.11 Å². The van der Waals surface area contributed by atoms with Crippen molar-refractivity contribution >= 4 is 0 Å². The molecule has 1 aliphatic rings. The lowest BCUT2D eigenvalue weighted by Gasteiger charge is -2.33. The second-order valence-electron chi connectivity index (χ2n) is 7.79. The molecule has 2 aromatic rings. The lowest BCUT2D eigenvalue weighted by molar-refractivity contribution is 0.361. The highest BCUT2D eigenvalue weighted by molar-refractivity contribution is 5.51. The molecule has 0 aromatic heterocycles. The van der Waals surface area contributed by atoms with Gasteiger partial charge in [-0.05, 0) is 48.1 Å². The molecule has 0 heterocycles. The van der Waals surface area contributed by atoms with Crippen molar-refractivity contribution in [3.8, 4) is 5.75 Å². The Balaban J connectivity index is 1.92. The normalized spacial score (nSPS) is 18.2. The summed E-state index contributed by atoms with van der Waals surface area (Å²) in [6.07, 6.45) is 14.8. The van der Waals surface area contributed by atoms with E-state index in [-0.39, 0.29) is 0 Å². The van der Waals surface area contributed by atoms with Gasteiger partial charge in [-0.25, -0.2) is 0 Å². The summed E-state index contributed by atoms with van der Waals surface area (Å²) in [7, 11) is 1.69. The van der Waals surface area contributed by atoms with Crippen molar-refractivity contribution in [2.75, 3.05) is 7.11 Å². The molecule has 2 aromatic carbocycles. The minimum Gasteiger partial charge on any atom is -0.497 e. The summed E-state index contributed by atoms with van der Waals surface area (Å²) in [4.78, 5) is 0. The molecule has 0 bridgehead atoms. The fourth-order valence-corrected chi connectivity index (χ4v) is 4.32. The maximum atomic E-state index is 7.15. The number of benzene rings is 2. The second kappa shape index (κ2) is 9.75. The summed E-state index contributed by atoms with van der Waals surface area (Å²) in [5, 5.41) is 0. The summed E-state index contributed by atoms with van der Waals surface area (Å²) >= 11 is 0. The minimum absolute atomic E-state index is 0.689. The predicted molar refractivity (Wildman–Crippen MR) is 118 cm³/mol. The Kier molecular flexibility index (Phi) is 7.11. The van der Waals surface area contributed by atoms with Gasteiger partial charge in [-0.15, -0.1) is 0 Å². The Hall–Kier alpha value is -2.32. The highest BCUT2D eigenvalue weighted by Gasteiger charge is 2.32. The third-order valence-corrected chi connectivity index (χ3v) is 6.03. The topological polar surface area (TPSA) is 35.2 Å². The second-order valence-corrected chi connectivity index (χ2v) is 7.79. The Labute approximate surface area is 170 Å². The van der Waals surface area contributed by atoms with Crippen molar-refractivity contribution < 1.29 is 4.74 Å². The van der Waals surface area contributed by atoms with Gasteiger partial charge in [-0.1, -0.05) is 92.8 Å². The molecule has 28 heavy (non-hydrogen) atoms. The zero-order valence-electron chi connectivity index (χ0n) is 17.2. The maximum absolute atomic E-state index is 7.15. The van der Waals surface area contributed by atoms with Gasteiger partial charge >= 0.3 is 0 Å². The van der Waals surface area contributed by atoms with Gasteiger partial charge in [0.25, 0.3) is 0 Å². The van der Waals surface area contributed by atoms with Gasteiger partial charge < -0.3 is 10.5 Å². The van der Waals surface area contributed by atoms with E-state index >= 15 is 0 Å².